The Balaban J connectivity index is 1.62. The maximum absolute atomic E-state index is 11.6. The molecule has 1 atom stereocenters. The smallest absolute Gasteiger partial charge is 0.219 e. The summed E-state index contributed by atoms with van der Waals surface area (Å²) in [5, 5.41) is 0. The molecule has 1 aromatic heterocycles. The van der Waals surface area contributed by atoms with E-state index in [1.54, 1.807) is 13.2 Å². The monoisotopic (exact) mass is 262 g/mol. The Morgan fingerprint density at radius 2 is 2.26 bits per heavy atom. The van der Waals surface area contributed by atoms with Crippen molar-refractivity contribution in [2.24, 2.45) is 5.41 Å². The summed E-state index contributed by atoms with van der Waals surface area (Å²) in [5.41, 5.74) is 1.59. The minimum atomic E-state index is 0.229. The highest BCUT2D eigenvalue weighted by Crippen LogP contribution is 2.39. The maximum atomic E-state index is 11.6. The van der Waals surface area contributed by atoms with Gasteiger partial charge in [-0.15, -0.1) is 0 Å². The van der Waals surface area contributed by atoms with Crippen molar-refractivity contribution in [3.8, 4) is 0 Å². The van der Waals surface area contributed by atoms with Gasteiger partial charge in [0.25, 0.3) is 0 Å². The Morgan fingerprint density at radius 3 is 3.00 bits per heavy atom. The van der Waals surface area contributed by atoms with Gasteiger partial charge in [-0.25, -0.2) is 0 Å². The Hall–Kier alpha value is -1.29. The number of hydrogen-bond acceptors (Lipinski definition) is 3. The van der Waals surface area contributed by atoms with E-state index in [0.29, 0.717) is 5.41 Å². The number of furan rings is 1. The van der Waals surface area contributed by atoms with Crippen LogP contribution in [0.5, 0.6) is 0 Å². The molecule has 1 aromatic rings. The largest absolute Gasteiger partial charge is 0.472 e. The van der Waals surface area contributed by atoms with Gasteiger partial charge < -0.3 is 9.32 Å². The summed E-state index contributed by atoms with van der Waals surface area (Å²) in [6.07, 6.45) is 7.19. The first kappa shape index (κ1) is 12.7. The molecular formula is C15H22N2O2. The van der Waals surface area contributed by atoms with Gasteiger partial charge >= 0.3 is 0 Å². The third kappa shape index (κ3) is 2.68. The molecule has 2 fully saturated rings. The Kier molecular flexibility index (Phi) is 3.35. The summed E-state index contributed by atoms with van der Waals surface area (Å²) in [6.45, 7) is 6.80. The predicted octanol–water partition coefficient (Wildman–Crippen LogP) is 2.11. The summed E-state index contributed by atoms with van der Waals surface area (Å²) in [6, 6.07) is 2.04. The predicted molar refractivity (Wildman–Crippen MR) is 72.5 cm³/mol. The number of rotatable bonds is 2. The molecule has 0 radical (unpaired) electrons. The van der Waals surface area contributed by atoms with Gasteiger partial charge in [-0.05, 0) is 31.9 Å². The second-order valence-corrected chi connectivity index (χ2v) is 6.14. The van der Waals surface area contributed by atoms with Crippen LogP contribution in [0.25, 0.3) is 0 Å². The fourth-order valence-corrected chi connectivity index (χ4v) is 3.61. The van der Waals surface area contributed by atoms with Crippen LogP contribution in [-0.4, -0.2) is 41.9 Å². The van der Waals surface area contributed by atoms with Gasteiger partial charge in [0.05, 0.1) is 12.5 Å². The number of hydrogen-bond donors (Lipinski definition) is 0. The lowest BCUT2D eigenvalue weighted by Crippen LogP contribution is -2.46. The first-order valence-corrected chi connectivity index (χ1v) is 7.16. The zero-order chi connectivity index (χ0) is 13.3. The molecule has 4 nitrogen and oxygen atoms in total. The van der Waals surface area contributed by atoms with Crippen molar-refractivity contribution in [2.45, 2.75) is 32.7 Å². The van der Waals surface area contributed by atoms with E-state index in [1.165, 1.54) is 18.4 Å². The lowest BCUT2D eigenvalue weighted by molar-refractivity contribution is -0.132. The molecule has 104 valence electrons. The van der Waals surface area contributed by atoms with Crippen molar-refractivity contribution >= 4 is 5.91 Å². The Labute approximate surface area is 114 Å². The number of amides is 1. The van der Waals surface area contributed by atoms with Crippen molar-refractivity contribution in [2.75, 3.05) is 26.2 Å². The van der Waals surface area contributed by atoms with Crippen molar-refractivity contribution in [3.05, 3.63) is 24.2 Å². The normalized spacial score (nSPS) is 28.2. The maximum Gasteiger partial charge on any atom is 0.219 e. The molecule has 1 amide bonds. The summed E-state index contributed by atoms with van der Waals surface area (Å²) >= 11 is 0. The molecule has 4 heteroatoms. The van der Waals surface area contributed by atoms with Crippen LogP contribution in [0, 0.1) is 5.41 Å². The van der Waals surface area contributed by atoms with Gasteiger partial charge in [-0.3, -0.25) is 9.69 Å². The minimum Gasteiger partial charge on any atom is -0.472 e. The molecule has 2 aliphatic heterocycles. The molecule has 3 heterocycles. The molecule has 3 rings (SSSR count). The Morgan fingerprint density at radius 1 is 1.37 bits per heavy atom. The van der Waals surface area contributed by atoms with Gasteiger partial charge in [0.2, 0.25) is 5.91 Å². The van der Waals surface area contributed by atoms with Gasteiger partial charge in [0, 0.05) is 44.1 Å². The standard InChI is InChI=1S/C15H22N2O2/c1-13(18)17-6-2-4-15(12-17)5-7-16(11-15)9-14-3-8-19-10-14/h3,8,10H,2,4-7,9,11-12H2,1H3/t15-/m1/s1. The number of carbonyl (C=O) groups excluding carboxylic acids is 1. The second kappa shape index (κ2) is 5.00. The summed E-state index contributed by atoms with van der Waals surface area (Å²) < 4.78 is 5.13. The molecule has 2 aliphatic rings. The highest BCUT2D eigenvalue weighted by molar-refractivity contribution is 5.73. The highest BCUT2D eigenvalue weighted by atomic mass is 16.3. The third-order valence-corrected chi connectivity index (χ3v) is 4.61. The molecule has 0 aliphatic carbocycles. The molecule has 19 heavy (non-hydrogen) atoms. The van der Waals surface area contributed by atoms with E-state index in [2.05, 4.69) is 4.90 Å². The van der Waals surface area contributed by atoms with Crippen molar-refractivity contribution in [3.63, 3.8) is 0 Å². The first-order chi connectivity index (χ1) is 9.17. The average Bonchev–Trinajstić information content (AvgIpc) is 3.01. The second-order valence-electron chi connectivity index (χ2n) is 6.14. The third-order valence-electron chi connectivity index (χ3n) is 4.61. The molecule has 0 unspecified atom stereocenters. The fourth-order valence-electron chi connectivity index (χ4n) is 3.61. The van der Waals surface area contributed by atoms with Crippen molar-refractivity contribution in [1.82, 2.24) is 9.80 Å². The number of carbonyl (C=O) groups is 1. The van der Waals surface area contributed by atoms with Crippen LogP contribution in [0.1, 0.15) is 31.7 Å². The van der Waals surface area contributed by atoms with E-state index in [1.807, 2.05) is 17.2 Å². The van der Waals surface area contributed by atoms with Crippen molar-refractivity contribution < 1.29 is 9.21 Å². The quantitative estimate of drug-likeness (QED) is 0.819. The molecule has 0 saturated carbocycles. The lowest BCUT2D eigenvalue weighted by Gasteiger charge is -2.40. The SMILES string of the molecule is CC(=O)N1CCC[C@]2(CCN(Cc3ccoc3)C2)C1. The van der Waals surface area contributed by atoms with Crippen molar-refractivity contribution in [1.29, 1.82) is 0 Å². The molecule has 0 aromatic carbocycles. The number of piperidine rings is 1. The van der Waals surface area contributed by atoms with E-state index in [4.69, 9.17) is 4.42 Å². The van der Waals surface area contributed by atoms with E-state index in [9.17, 15) is 4.79 Å². The molecular weight excluding hydrogens is 240 g/mol. The number of likely N-dealkylation sites (tertiary alicyclic amines) is 2. The zero-order valence-electron chi connectivity index (χ0n) is 11.6. The van der Waals surface area contributed by atoms with E-state index < -0.39 is 0 Å². The molecule has 1 spiro atoms. The summed E-state index contributed by atoms with van der Waals surface area (Å²) in [5.74, 6) is 0.229. The van der Waals surface area contributed by atoms with Crippen LogP contribution >= 0.6 is 0 Å². The van der Waals surface area contributed by atoms with Gasteiger partial charge in [0.15, 0.2) is 0 Å². The zero-order valence-corrected chi connectivity index (χ0v) is 11.6. The van der Waals surface area contributed by atoms with Gasteiger partial charge in [-0.1, -0.05) is 0 Å². The topological polar surface area (TPSA) is 36.7 Å². The number of nitrogens with zero attached hydrogens (tertiary/aromatic N) is 2. The lowest BCUT2D eigenvalue weighted by atomic mass is 9.79. The Bertz CT molecular complexity index is 443. The van der Waals surface area contributed by atoms with E-state index >= 15 is 0 Å². The molecule has 2 saturated heterocycles. The molecule has 0 N–H and O–H groups in total. The van der Waals surface area contributed by atoms with Gasteiger partial charge in [-0.2, -0.15) is 0 Å². The molecule has 0 bridgehead atoms. The fraction of sp³-hybridized carbons (Fsp3) is 0.667. The first-order valence-electron chi connectivity index (χ1n) is 7.16. The summed E-state index contributed by atoms with van der Waals surface area (Å²) in [7, 11) is 0. The van der Waals surface area contributed by atoms with Gasteiger partial charge in [0.1, 0.15) is 0 Å². The van der Waals surface area contributed by atoms with Crippen LogP contribution in [-0.2, 0) is 11.3 Å². The van der Waals surface area contributed by atoms with Crippen LogP contribution < -0.4 is 0 Å². The van der Waals surface area contributed by atoms with Crippen LogP contribution in [0.3, 0.4) is 0 Å². The van der Waals surface area contributed by atoms with E-state index in [0.717, 1.165) is 39.1 Å². The highest BCUT2D eigenvalue weighted by Gasteiger charge is 2.41. The van der Waals surface area contributed by atoms with E-state index in [-0.39, 0.29) is 5.91 Å². The van der Waals surface area contributed by atoms with Crippen LogP contribution in [0.4, 0.5) is 0 Å². The average molecular weight is 262 g/mol. The van der Waals surface area contributed by atoms with Crippen LogP contribution in [0.15, 0.2) is 23.0 Å². The minimum absolute atomic E-state index is 0.229. The summed E-state index contributed by atoms with van der Waals surface area (Å²) in [4.78, 5) is 16.1. The van der Waals surface area contributed by atoms with Crippen LogP contribution in [0.2, 0.25) is 0 Å².